The number of esters is 1. The van der Waals surface area contributed by atoms with Gasteiger partial charge >= 0.3 is 5.97 Å². The molecule has 3 rings (SSSR count). The second-order valence-electron chi connectivity index (χ2n) is 6.73. The number of phenols is 1. The summed E-state index contributed by atoms with van der Waals surface area (Å²) in [6, 6.07) is 22.2. The van der Waals surface area contributed by atoms with E-state index in [0.717, 1.165) is 11.1 Å². The summed E-state index contributed by atoms with van der Waals surface area (Å²) in [6.07, 6.45) is 0.236. The zero-order valence-electron chi connectivity index (χ0n) is 16.6. The van der Waals surface area contributed by atoms with Crippen LogP contribution < -0.4 is 10.1 Å². The molecule has 0 spiro atoms. The van der Waals surface area contributed by atoms with Gasteiger partial charge in [0.2, 0.25) is 0 Å². The second-order valence-corrected chi connectivity index (χ2v) is 6.73. The Labute approximate surface area is 175 Å². The zero-order chi connectivity index (χ0) is 21.3. The highest BCUT2D eigenvalue weighted by Crippen LogP contribution is 2.17. The molecule has 0 fully saturated rings. The number of ether oxygens (including phenoxy) is 2. The molecule has 0 aliphatic heterocycles. The van der Waals surface area contributed by atoms with E-state index in [4.69, 9.17) is 9.47 Å². The van der Waals surface area contributed by atoms with Gasteiger partial charge in [-0.3, -0.25) is 4.79 Å². The van der Waals surface area contributed by atoms with Gasteiger partial charge in [0, 0.05) is 12.0 Å². The Bertz CT molecular complexity index is 1000. The summed E-state index contributed by atoms with van der Waals surface area (Å²) in [7, 11) is 1.27. The molecule has 0 bridgehead atoms. The van der Waals surface area contributed by atoms with E-state index in [1.54, 1.807) is 12.1 Å². The number of aromatic hydroxyl groups is 1. The van der Waals surface area contributed by atoms with Crippen LogP contribution in [0, 0.1) is 0 Å². The van der Waals surface area contributed by atoms with Crippen molar-refractivity contribution in [1.29, 1.82) is 0 Å². The van der Waals surface area contributed by atoms with Crippen molar-refractivity contribution >= 4 is 11.9 Å². The van der Waals surface area contributed by atoms with Gasteiger partial charge in [0.1, 0.15) is 24.1 Å². The average molecular weight is 405 g/mol. The Morgan fingerprint density at radius 1 is 0.933 bits per heavy atom. The molecule has 0 heterocycles. The molecule has 0 aromatic heterocycles. The van der Waals surface area contributed by atoms with Crippen LogP contribution in [0.4, 0.5) is 0 Å². The first-order chi connectivity index (χ1) is 14.5. The molecule has 0 saturated carbocycles. The van der Waals surface area contributed by atoms with Crippen LogP contribution in [0.5, 0.6) is 11.5 Å². The third kappa shape index (κ3) is 5.85. The Hall–Kier alpha value is -3.80. The van der Waals surface area contributed by atoms with E-state index in [-0.39, 0.29) is 17.7 Å². The van der Waals surface area contributed by atoms with Gasteiger partial charge in [-0.1, -0.05) is 48.5 Å². The maximum atomic E-state index is 12.5. The topological polar surface area (TPSA) is 84.9 Å². The first-order valence-electron chi connectivity index (χ1n) is 9.48. The van der Waals surface area contributed by atoms with E-state index >= 15 is 0 Å². The van der Waals surface area contributed by atoms with E-state index in [0.29, 0.717) is 12.4 Å². The molecule has 1 atom stereocenters. The third-order valence-electron chi connectivity index (χ3n) is 4.49. The number of benzene rings is 3. The number of methoxy groups -OCH3 is 1. The highest BCUT2D eigenvalue weighted by molar-refractivity contribution is 5.97. The Balaban J connectivity index is 1.68. The Morgan fingerprint density at radius 2 is 1.67 bits per heavy atom. The third-order valence-corrected chi connectivity index (χ3v) is 4.49. The largest absolute Gasteiger partial charge is 0.508 e. The van der Waals surface area contributed by atoms with E-state index in [2.05, 4.69) is 5.32 Å². The van der Waals surface area contributed by atoms with Gasteiger partial charge < -0.3 is 19.9 Å². The molecule has 6 nitrogen and oxygen atoms in total. The molecule has 3 aromatic rings. The van der Waals surface area contributed by atoms with Crippen LogP contribution in [-0.2, 0) is 22.6 Å². The van der Waals surface area contributed by atoms with Crippen molar-refractivity contribution in [3.05, 3.63) is 95.6 Å². The summed E-state index contributed by atoms with van der Waals surface area (Å²) < 4.78 is 10.7. The summed E-state index contributed by atoms with van der Waals surface area (Å²) in [5.41, 5.74) is 2.12. The predicted molar refractivity (Wildman–Crippen MR) is 112 cm³/mol. The van der Waals surface area contributed by atoms with Crippen LogP contribution in [0.2, 0.25) is 0 Å². The minimum absolute atomic E-state index is 0.0273. The molecule has 3 aromatic carbocycles. The molecule has 0 saturated heterocycles. The molecule has 6 heteroatoms. The molecule has 154 valence electrons. The fraction of sp³-hybridized carbons (Fsp3) is 0.167. The summed E-state index contributed by atoms with van der Waals surface area (Å²) >= 11 is 0. The van der Waals surface area contributed by atoms with E-state index in [9.17, 15) is 14.7 Å². The minimum atomic E-state index is -0.880. The molecule has 1 amide bonds. The van der Waals surface area contributed by atoms with Crippen LogP contribution in [0.3, 0.4) is 0 Å². The van der Waals surface area contributed by atoms with Gasteiger partial charge in [0.15, 0.2) is 0 Å². The first-order valence-corrected chi connectivity index (χ1v) is 9.48. The molecule has 0 radical (unpaired) electrons. The van der Waals surface area contributed by atoms with Gasteiger partial charge in [-0.2, -0.15) is 0 Å². The van der Waals surface area contributed by atoms with Crippen molar-refractivity contribution < 1.29 is 24.2 Å². The smallest absolute Gasteiger partial charge is 0.328 e. The van der Waals surface area contributed by atoms with Gasteiger partial charge in [-0.25, -0.2) is 4.79 Å². The monoisotopic (exact) mass is 405 g/mol. The van der Waals surface area contributed by atoms with Crippen LogP contribution in [0.15, 0.2) is 78.9 Å². The Kier molecular flexibility index (Phi) is 7.05. The lowest BCUT2D eigenvalue weighted by atomic mass is 10.0. The van der Waals surface area contributed by atoms with E-state index < -0.39 is 17.9 Å². The average Bonchev–Trinajstić information content (AvgIpc) is 2.77. The lowest BCUT2D eigenvalue weighted by Gasteiger charge is -2.17. The van der Waals surface area contributed by atoms with Crippen molar-refractivity contribution in [2.24, 2.45) is 0 Å². The van der Waals surface area contributed by atoms with Gasteiger partial charge in [0.05, 0.1) is 7.11 Å². The lowest BCUT2D eigenvalue weighted by Crippen LogP contribution is -2.43. The number of amides is 1. The summed E-state index contributed by atoms with van der Waals surface area (Å²) in [6.45, 7) is 0.430. The fourth-order valence-corrected chi connectivity index (χ4v) is 2.96. The molecule has 30 heavy (non-hydrogen) atoms. The number of hydrogen-bond donors (Lipinski definition) is 2. The summed E-state index contributed by atoms with van der Waals surface area (Å²) in [5.74, 6) is -0.392. The number of carbonyl (C=O) groups excluding carboxylic acids is 2. The SMILES string of the molecule is COC(=O)[C@H](Cc1cccc(OCc2ccccc2)c1)NC(=O)c1cccc(O)c1. The molecule has 2 N–H and O–H groups in total. The molecule has 0 aliphatic rings. The standard InChI is InChI=1S/C24H23NO5/c1-29-24(28)22(25-23(27)19-10-6-11-20(26)15-19)14-18-9-5-12-21(13-18)30-16-17-7-3-2-4-8-17/h2-13,15,22,26H,14,16H2,1H3,(H,25,27)/t22-/m0/s1. The van der Waals surface area contributed by atoms with Crippen LogP contribution >= 0.6 is 0 Å². The number of carbonyl (C=O) groups is 2. The second kappa shape index (κ2) is 10.1. The number of nitrogens with one attached hydrogen (secondary N) is 1. The molecule has 0 aliphatic carbocycles. The summed E-state index contributed by atoms with van der Waals surface area (Å²) in [4.78, 5) is 24.7. The summed E-state index contributed by atoms with van der Waals surface area (Å²) in [5, 5.41) is 12.2. The highest BCUT2D eigenvalue weighted by atomic mass is 16.5. The normalized spacial score (nSPS) is 11.4. The molecular formula is C24H23NO5. The van der Waals surface area contributed by atoms with Crippen LogP contribution in [0.25, 0.3) is 0 Å². The van der Waals surface area contributed by atoms with E-state index in [1.165, 1.54) is 19.2 Å². The number of rotatable bonds is 8. The van der Waals surface area contributed by atoms with Crippen molar-refractivity contribution in [2.75, 3.05) is 7.11 Å². The quantitative estimate of drug-likeness (QED) is 0.561. The Morgan fingerprint density at radius 3 is 2.40 bits per heavy atom. The zero-order valence-corrected chi connectivity index (χ0v) is 16.6. The van der Waals surface area contributed by atoms with Gasteiger partial charge in [-0.15, -0.1) is 0 Å². The van der Waals surface area contributed by atoms with Gasteiger partial charge in [0.25, 0.3) is 5.91 Å². The van der Waals surface area contributed by atoms with E-state index in [1.807, 2.05) is 54.6 Å². The molecule has 0 unspecified atom stereocenters. The molecular weight excluding hydrogens is 382 g/mol. The van der Waals surface area contributed by atoms with Gasteiger partial charge in [-0.05, 0) is 41.5 Å². The van der Waals surface area contributed by atoms with Crippen molar-refractivity contribution in [3.63, 3.8) is 0 Å². The first kappa shape index (κ1) is 20.9. The number of phenolic OH excluding ortho intramolecular Hbond substituents is 1. The van der Waals surface area contributed by atoms with Crippen LogP contribution in [0.1, 0.15) is 21.5 Å². The lowest BCUT2D eigenvalue weighted by molar-refractivity contribution is -0.142. The highest BCUT2D eigenvalue weighted by Gasteiger charge is 2.23. The maximum Gasteiger partial charge on any atom is 0.328 e. The van der Waals surface area contributed by atoms with Crippen LogP contribution in [-0.4, -0.2) is 30.1 Å². The minimum Gasteiger partial charge on any atom is -0.508 e. The predicted octanol–water partition coefficient (Wildman–Crippen LogP) is 3.49. The maximum absolute atomic E-state index is 12.5. The van der Waals surface area contributed by atoms with Crippen molar-refractivity contribution in [3.8, 4) is 11.5 Å². The fourth-order valence-electron chi connectivity index (χ4n) is 2.96. The number of hydrogen-bond acceptors (Lipinski definition) is 5. The van der Waals surface area contributed by atoms with Crippen molar-refractivity contribution in [1.82, 2.24) is 5.32 Å². The van der Waals surface area contributed by atoms with Crippen molar-refractivity contribution in [2.45, 2.75) is 19.1 Å².